The van der Waals surface area contributed by atoms with E-state index in [1.807, 2.05) is 30.0 Å². The number of hydrogen-bond acceptors (Lipinski definition) is 4. The molecule has 28 heavy (non-hydrogen) atoms. The average molecular weight is 382 g/mol. The lowest BCUT2D eigenvalue weighted by atomic mass is 9.78. The number of halogens is 1. The Balaban J connectivity index is 1.49. The Kier molecular flexibility index (Phi) is 4.83. The molecule has 0 aliphatic carbocycles. The largest absolute Gasteiger partial charge is 0.338 e. The molecule has 4 heterocycles. The van der Waals surface area contributed by atoms with Gasteiger partial charge in [-0.2, -0.15) is 4.39 Å². The first-order valence-electron chi connectivity index (χ1n) is 9.60. The summed E-state index contributed by atoms with van der Waals surface area (Å²) >= 11 is 0. The Hall–Kier alpha value is -2.83. The predicted molar refractivity (Wildman–Crippen MR) is 101 cm³/mol. The molecule has 0 N–H and O–H groups in total. The molecule has 2 fully saturated rings. The van der Waals surface area contributed by atoms with Crippen molar-refractivity contribution >= 4 is 11.8 Å². The maximum Gasteiger partial charge on any atom is 0.254 e. The Morgan fingerprint density at radius 3 is 2.89 bits per heavy atom. The van der Waals surface area contributed by atoms with Gasteiger partial charge in [0.1, 0.15) is 0 Å². The third kappa shape index (κ3) is 3.48. The molecule has 2 amide bonds. The van der Waals surface area contributed by atoms with Gasteiger partial charge >= 0.3 is 0 Å². The zero-order valence-electron chi connectivity index (χ0n) is 15.9. The molecule has 7 heteroatoms. The Morgan fingerprint density at radius 1 is 1.25 bits per heavy atom. The van der Waals surface area contributed by atoms with E-state index in [9.17, 15) is 14.0 Å². The van der Waals surface area contributed by atoms with Crippen molar-refractivity contribution in [3.8, 4) is 0 Å². The third-order valence-electron chi connectivity index (χ3n) is 5.74. The first kappa shape index (κ1) is 18.5. The molecular weight excluding hydrogens is 359 g/mol. The fourth-order valence-electron chi connectivity index (χ4n) is 4.33. The van der Waals surface area contributed by atoms with Crippen molar-refractivity contribution < 1.29 is 14.0 Å². The van der Waals surface area contributed by atoms with Crippen LogP contribution in [0.25, 0.3) is 0 Å². The van der Waals surface area contributed by atoms with E-state index in [1.165, 1.54) is 12.3 Å². The SMILES string of the molecule is Cc1cccc(CN2CC[C@]3(CCCN(C(=O)c4ccnc(F)c4)C3)C2=O)n1. The van der Waals surface area contributed by atoms with E-state index in [4.69, 9.17) is 0 Å². The highest BCUT2D eigenvalue weighted by Gasteiger charge is 2.49. The van der Waals surface area contributed by atoms with Gasteiger partial charge in [0.05, 0.1) is 17.7 Å². The van der Waals surface area contributed by atoms with Crippen LogP contribution in [-0.4, -0.2) is 51.2 Å². The molecule has 2 aliphatic rings. The third-order valence-corrected chi connectivity index (χ3v) is 5.74. The van der Waals surface area contributed by atoms with Crippen molar-refractivity contribution in [2.24, 2.45) is 5.41 Å². The molecule has 2 aromatic heterocycles. The lowest BCUT2D eigenvalue weighted by Crippen LogP contribution is -2.49. The summed E-state index contributed by atoms with van der Waals surface area (Å²) in [7, 11) is 0. The minimum absolute atomic E-state index is 0.0919. The van der Waals surface area contributed by atoms with Crippen LogP contribution in [0.2, 0.25) is 0 Å². The quantitative estimate of drug-likeness (QED) is 0.766. The molecule has 146 valence electrons. The van der Waals surface area contributed by atoms with E-state index < -0.39 is 11.4 Å². The number of carbonyl (C=O) groups is 2. The summed E-state index contributed by atoms with van der Waals surface area (Å²) in [5.41, 5.74) is 1.54. The van der Waals surface area contributed by atoms with Gasteiger partial charge in [-0.05, 0) is 44.4 Å². The van der Waals surface area contributed by atoms with Crippen LogP contribution in [0, 0.1) is 18.3 Å². The zero-order chi connectivity index (χ0) is 19.7. The zero-order valence-corrected chi connectivity index (χ0v) is 15.9. The molecule has 4 rings (SSSR count). The van der Waals surface area contributed by atoms with Crippen molar-refractivity contribution in [3.05, 3.63) is 59.4 Å². The molecule has 0 bridgehead atoms. The summed E-state index contributed by atoms with van der Waals surface area (Å²) < 4.78 is 13.4. The molecule has 0 aromatic carbocycles. The summed E-state index contributed by atoms with van der Waals surface area (Å²) in [6.45, 7) is 4.05. The van der Waals surface area contributed by atoms with Crippen molar-refractivity contribution in [3.63, 3.8) is 0 Å². The number of aryl methyl sites for hydroxylation is 1. The summed E-state index contributed by atoms with van der Waals surface area (Å²) in [5.74, 6) is -0.826. The summed E-state index contributed by atoms with van der Waals surface area (Å²) in [6, 6.07) is 8.47. The van der Waals surface area contributed by atoms with Gasteiger partial charge in [0.25, 0.3) is 5.91 Å². The number of likely N-dealkylation sites (tertiary alicyclic amines) is 2. The van der Waals surface area contributed by atoms with Crippen LogP contribution < -0.4 is 0 Å². The van der Waals surface area contributed by atoms with E-state index in [0.717, 1.165) is 36.7 Å². The fourth-order valence-corrected chi connectivity index (χ4v) is 4.33. The molecule has 2 aliphatic heterocycles. The number of aromatic nitrogens is 2. The van der Waals surface area contributed by atoms with Crippen LogP contribution in [-0.2, 0) is 11.3 Å². The number of carbonyl (C=O) groups excluding carboxylic acids is 2. The maximum atomic E-state index is 13.4. The van der Waals surface area contributed by atoms with Gasteiger partial charge in [0.15, 0.2) is 0 Å². The second kappa shape index (κ2) is 7.30. The van der Waals surface area contributed by atoms with Gasteiger partial charge in [-0.15, -0.1) is 0 Å². The lowest BCUT2D eigenvalue weighted by Gasteiger charge is -2.39. The first-order valence-corrected chi connectivity index (χ1v) is 9.60. The molecular formula is C21H23FN4O2. The van der Waals surface area contributed by atoms with Gasteiger partial charge < -0.3 is 9.80 Å². The smallest absolute Gasteiger partial charge is 0.254 e. The van der Waals surface area contributed by atoms with Gasteiger partial charge in [-0.3, -0.25) is 14.6 Å². The minimum Gasteiger partial charge on any atom is -0.338 e. The van der Waals surface area contributed by atoms with E-state index in [0.29, 0.717) is 26.2 Å². The number of rotatable bonds is 3. The van der Waals surface area contributed by atoms with Crippen LogP contribution in [0.3, 0.4) is 0 Å². The van der Waals surface area contributed by atoms with Gasteiger partial charge in [-0.1, -0.05) is 6.07 Å². The Morgan fingerprint density at radius 2 is 2.11 bits per heavy atom. The van der Waals surface area contributed by atoms with Crippen molar-refractivity contribution in [1.29, 1.82) is 0 Å². The van der Waals surface area contributed by atoms with Gasteiger partial charge in [0, 0.05) is 43.2 Å². The average Bonchev–Trinajstić information content (AvgIpc) is 2.97. The van der Waals surface area contributed by atoms with Gasteiger partial charge in [-0.25, -0.2) is 4.98 Å². The van der Waals surface area contributed by atoms with Crippen LogP contribution in [0.15, 0.2) is 36.5 Å². The molecule has 0 unspecified atom stereocenters. The molecule has 2 saturated heterocycles. The van der Waals surface area contributed by atoms with E-state index in [1.54, 1.807) is 4.90 Å². The van der Waals surface area contributed by atoms with Crippen molar-refractivity contribution in [1.82, 2.24) is 19.8 Å². The lowest BCUT2D eigenvalue weighted by molar-refractivity contribution is -0.138. The van der Waals surface area contributed by atoms with E-state index in [2.05, 4.69) is 9.97 Å². The number of pyridine rings is 2. The second-order valence-corrected chi connectivity index (χ2v) is 7.72. The molecule has 1 atom stereocenters. The number of nitrogens with zero attached hydrogens (tertiary/aromatic N) is 4. The normalized spacial score (nSPS) is 22.1. The van der Waals surface area contributed by atoms with Crippen molar-refractivity contribution in [2.45, 2.75) is 32.7 Å². The molecule has 0 radical (unpaired) electrons. The minimum atomic E-state index is -0.675. The first-order chi connectivity index (χ1) is 13.5. The number of hydrogen-bond donors (Lipinski definition) is 0. The van der Waals surface area contributed by atoms with E-state index in [-0.39, 0.29) is 17.4 Å². The van der Waals surface area contributed by atoms with Crippen LogP contribution in [0.4, 0.5) is 4.39 Å². The maximum absolute atomic E-state index is 13.4. The van der Waals surface area contributed by atoms with Crippen LogP contribution in [0.5, 0.6) is 0 Å². The highest BCUT2D eigenvalue weighted by Crippen LogP contribution is 2.41. The predicted octanol–water partition coefficient (Wildman–Crippen LogP) is 2.58. The van der Waals surface area contributed by atoms with Crippen molar-refractivity contribution in [2.75, 3.05) is 19.6 Å². The number of piperidine rings is 1. The topological polar surface area (TPSA) is 66.4 Å². The summed E-state index contributed by atoms with van der Waals surface area (Å²) in [4.78, 5) is 37.6. The second-order valence-electron chi connectivity index (χ2n) is 7.72. The van der Waals surface area contributed by atoms with Crippen LogP contribution >= 0.6 is 0 Å². The van der Waals surface area contributed by atoms with E-state index >= 15 is 0 Å². The number of amides is 2. The van der Waals surface area contributed by atoms with Gasteiger partial charge in [0.2, 0.25) is 11.9 Å². The Labute approximate surface area is 163 Å². The van der Waals surface area contributed by atoms with Crippen LogP contribution in [0.1, 0.15) is 41.0 Å². The Bertz CT molecular complexity index is 919. The summed E-state index contributed by atoms with van der Waals surface area (Å²) in [6.07, 6.45) is 3.56. The molecule has 2 aromatic rings. The monoisotopic (exact) mass is 382 g/mol. The fraction of sp³-hybridized carbons (Fsp3) is 0.429. The highest BCUT2D eigenvalue weighted by atomic mass is 19.1. The summed E-state index contributed by atoms with van der Waals surface area (Å²) in [5, 5.41) is 0. The standard InChI is InChI=1S/C21H23FN4O2/c1-15-4-2-5-17(24-15)13-25-11-8-21(20(25)28)7-3-10-26(14-21)19(27)16-6-9-23-18(22)12-16/h2,4-6,9,12H,3,7-8,10-11,13-14H2,1H3/t21-/m0/s1. The molecule has 1 spiro atoms. The molecule has 6 nitrogen and oxygen atoms in total. The highest BCUT2D eigenvalue weighted by molar-refractivity contribution is 5.95. The molecule has 0 saturated carbocycles.